The standard InChI is InChI=1S/C18H24N2O2/c1-6-22-16-9-7-15(8-10-16)19-18(21)17-11-13(4)20(12(2)3)14(17)5/h7-12H,6H2,1-5H3,(H,19,21). The Balaban J connectivity index is 2.17. The summed E-state index contributed by atoms with van der Waals surface area (Å²) in [6.45, 7) is 10.8. The van der Waals surface area contributed by atoms with Gasteiger partial charge in [0.15, 0.2) is 0 Å². The third-order valence-electron chi connectivity index (χ3n) is 3.67. The minimum Gasteiger partial charge on any atom is -0.494 e. The Kier molecular flexibility index (Phi) is 4.91. The van der Waals surface area contributed by atoms with Crippen LogP contribution in [0.4, 0.5) is 5.69 Å². The van der Waals surface area contributed by atoms with Crippen LogP contribution in [0.2, 0.25) is 0 Å². The molecule has 0 bridgehead atoms. The number of benzene rings is 1. The van der Waals surface area contributed by atoms with Crippen LogP contribution in [0.3, 0.4) is 0 Å². The normalized spacial score (nSPS) is 10.8. The van der Waals surface area contributed by atoms with Gasteiger partial charge in [-0.3, -0.25) is 4.79 Å². The molecule has 0 aliphatic carbocycles. The van der Waals surface area contributed by atoms with Crippen molar-refractivity contribution < 1.29 is 9.53 Å². The number of anilines is 1. The summed E-state index contributed by atoms with van der Waals surface area (Å²) >= 11 is 0. The Bertz CT molecular complexity index is 654. The second-order valence-electron chi connectivity index (χ2n) is 5.66. The van der Waals surface area contributed by atoms with Crippen LogP contribution in [0.15, 0.2) is 30.3 Å². The fourth-order valence-corrected chi connectivity index (χ4v) is 2.80. The van der Waals surface area contributed by atoms with Crippen molar-refractivity contribution in [3.63, 3.8) is 0 Å². The molecule has 0 saturated heterocycles. The Labute approximate surface area is 132 Å². The molecule has 0 aliphatic rings. The molecule has 0 radical (unpaired) electrons. The van der Waals surface area contributed by atoms with Gasteiger partial charge in [-0.1, -0.05) is 0 Å². The van der Waals surface area contributed by atoms with Crippen LogP contribution in [-0.4, -0.2) is 17.1 Å². The van der Waals surface area contributed by atoms with Gasteiger partial charge in [-0.25, -0.2) is 0 Å². The molecule has 118 valence electrons. The molecule has 0 spiro atoms. The molecule has 22 heavy (non-hydrogen) atoms. The Hall–Kier alpha value is -2.23. The second-order valence-corrected chi connectivity index (χ2v) is 5.66. The van der Waals surface area contributed by atoms with Crippen LogP contribution in [0, 0.1) is 13.8 Å². The number of rotatable bonds is 5. The molecule has 0 unspecified atom stereocenters. The predicted molar refractivity (Wildman–Crippen MR) is 89.9 cm³/mol. The van der Waals surface area contributed by atoms with Crippen molar-refractivity contribution in [2.45, 2.75) is 40.7 Å². The molecule has 0 saturated carbocycles. The number of ether oxygens (including phenoxy) is 1. The molecule has 0 atom stereocenters. The molecule has 2 aromatic rings. The first-order chi connectivity index (χ1) is 10.4. The lowest BCUT2D eigenvalue weighted by Gasteiger charge is -2.13. The molecular weight excluding hydrogens is 276 g/mol. The lowest BCUT2D eigenvalue weighted by atomic mass is 10.2. The van der Waals surface area contributed by atoms with Crippen molar-refractivity contribution in [3.8, 4) is 5.75 Å². The molecule has 1 aromatic heterocycles. The fraction of sp³-hybridized carbons (Fsp3) is 0.389. The van der Waals surface area contributed by atoms with E-state index in [-0.39, 0.29) is 5.91 Å². The van der Waals surface area contributed by atoms with Crippen LogP contribution < -0.4 is 10.1 Å². The van der Waals surface area contributed by atoms with Crippen molar-refractivity contribution in [1.29, 1.82) is 0 Å². The number of amides is 1. The van der Waals surface area contributed by atoms with Gasteiger partial charge >= 0.3 is 0 Å². The van der Waals surface area contributed by atoms with E-state index in [0.29, 0.717) is 12.6 Å². The van der Waals surface area contributed by atoms with Gasteiger partial charge in [0.2, 0.25) is 0 Å². The summed E-state index contributed by atoms with van der Waals surface area (Å²) in [6.07, 6.45) is 0. The van der Waals surface area contributed by atoms with E-state index < -0.39 is 0 Å². The first-order valence-corrected chi connectivity index (χ1v) is 7.66. The van der Waals surface area contributed by atoms with E-state index in [0.717, 1.165) is 28.4 Å². The summed E-state index contributed by atoms with van der Waals surface area (Å²) < 4.78 is 7.57. The van der Waals surface area contributed by atoms with Gasteiger partial charge < -0.3 is 14.6 Å². The van der Waals surface area contributed by atoms with Gasteiger partial charge in [0.25, 0.3) is 5.91 Å². The van der Waals surface area contributed by atoms with E-state index in [1.54, 1.807) is 0 Å². The van der Waals surface area contributed by atoms with E-state index in [1.165, 1.54) is 0 Å². The van der Waals surface area contributed by atoms with Gasteiger partial charge in [-0.05, 0) is 65.0 Å². The van der Waals surface area contributed by atoms with Crippen molar-refractivity contribution in [1.82, 2.24) is 4.57 Å². The molecule has 0 fully saturated rings. The maximum absolute atomic E-state index is 12.5. The molecule has 1 N–H and O–H groups in total. The Morgan fingerprint density at radius 2 is 1.86 bits per heavy atom. The van der Waals surface area contributed by atoms with Crippen molar-refractivity contribution in [2.75, 3.05) is 11.9 Å². The summed E-state index contributed by atoms with van der Waals surface area (Å²) in [4.78, 5) is 12.5. The van der Waals surface area contributed by atoms with Crippen molar-refractivity contribution in [3.05, 3.63) is 47.3 Å². The lowest BCUT2D eigenvalue weighted by Crippen LogP contribution is -2.13. The number of aryl methyl sites for hydroxylation is 1. The number of carbonyl (C=O) groups is 1. The summed E-state index contributed by atoms with van der Waals surface area (Å²) in [6, 6.07) is 9.70. The fourth-order valence-electron chi connectivity index (χ4n) is 2.80. The third kappa shape index (κ3) is 3.32. The molecule has 4 heteroatoms. The second kappa shape index (κ2) is 6.69. The van der Waals surface area contributed by atoms with Crippen molar-refractivity contribution in [2.24, 2.45) is 0 Å². The summed E-state index contributed by atoms with van der Waals surface area (Å²) in [5.41, 5.74) is 3.59. The molecule has 2 rings (SSSR count). The van der Waals surface area contributed by atoms with E-state index in [4.69, 9.17) is 4.74 Å². The third-order valence-corrected chi connectivity index (χ3v) is 3.67. The van der Waals surface area contributed by atoms with Crippen LogP contribution in [0.25, 0.3) is 0 Å². The quantitative estimate of drug-likeness (QED) is 0.892. The number of hydrogen-bond acceptors (Lipinski definition) is 2. The van der Waals surface area contributed by atoms with E-state index in [2.05, 4.69) is 23.7 Å². The minimum absolute atomic E-state index is 0.0795. The highest BCUT2D eigenvalue weighted by Crippen LogP contribution is 2.22. The summed E-state index contributed by atoms with van der Waals surface area (Å²) in [7, 11) is 0. The molecule has 4 nitrogen and oxygen atoms in total. The smallest absolute Gasteiger partial charge is 0.257 e. The highest BCUT2D eigenvalue weighted by atomic mass is 16.5. The minimum atomic E-state index is -0.0795. The first kappa shape index (κ1) is 16.1. The highest BCUT2D eigenvalue weighted by Gasteiger charge is 2.17. The average Bonchev–Trinajstić information content (AvgIpc) is 2.76. The maximum Gasteiger partial charge on any atom is 0.257 e. The Morgan fingerprint density at radius 3 is 2.36 bits per heavy atom. The van der Waals surface area contributed by atoms with Gasteiger partial charge in [0, 0.05) is 23.1 Å². The number of aromatic nitrogens is 1. The van der Waals surface area contributed by atoms with Gasteiger partial charge in [0.05, 0.1) is 12.2 Å². The SMILES string of the molecule is CCOc1ccc(NC(=O)c2cc(C)n(C(C)C)c2C)cc1. The molecular formula is C18H24N2O2. The summed E-state index contributed by atoms with van der Waals surface area (Å²) in [5.74, 6) is 0.725. The van der Waals surface area contributed by atoms with Crippen molar-refractivity contribution >= 4 is 11.6 Å². The van der Waals surface area contributed by atoms with Gasteiger partial charge in [-0.2, -0.15) is 0 Å². The number of nitrogens with zero attached hydrogens (tertiary/aromatic N) is 1. The van der Waals surface area contributed by atoms with Gasteiger partial charge in [0.1, 0.15) is 5.75 Å². The summed E-state index contributed by atoms with van der Waals surface area (Å²) in [5, 5.41) is 2.94. The number of carbonyl (C=O) groups excluding carboxylic acids is 1. The Morgan fingerprint density at radius 1 is 1.23 bits per heavy atom. The predicted octanol–water partition coefficient (Wildman–Crippen LogP) is 4.34. The number of nitrogens with one attached hydrogen (secondary N) is 1. The van der Waals surface area contributed by atoms with E-state index >= 15 is 0 Å². The molecule has 1 amide bonds. The van der Waals surface area contributed by atoms with Crippen LogP contribution >= 0.6 is 0 Å². The molecule has 1 heterocycles. The first-order valence-electron chi connectivity index (χ1n) is 7.66. The molecule has 1 aromatic carbocycles. The largest absolute Gasteiger partial charge is 0.494 e. The van der Waals surface area contributed by atoms with Crippen LogP contribution in [0.5, 0.6) is 5.75 Å². The van der Waals surface area contributed by atoms with Crippen LogP contribution in [-0.2, 0) is 0 Å². The van der Waals surface area contributed by atoms with E-state index in [1.807, 2.05) is 51.1 Å². The average molecular weight is 300 g/mol. The monoisotopic (exact) mass is 300 g/mol. The zero-order chi connectivity index (χ0) is 16.3. The zero-order valence-corrected chi connectivity index (χ0v) is 13.9. The lowest BCUT2D eigenvalue weighted by molar-refractivity contribution is 0.102. The van der Waals surface area contributed by atoms with Crippen LogP contribution in [0.1, 0.15) is 48.6 Å². The topological polar surface area (TPSA) is 43.3 Å². The maximum atomic E-state index is 12.5. The van der Waals surface area contributed by atoms with E-state index in [9.17, 15) is 4.79 Å². The molecule has 0 aliphatic heterocycles. The zero-order valence-electron chi connectivity index (χ0n) is 13.9. The highest BCUT2D eigenvalue weighted by molar-refractivity contribution is 6.05. The number of hydrogen-bond donors (Lipinski definition) is 1. The van der Waals surface area contributed by atoms with Gasteiger partial charge in [-0.15, -0.1) is 0 Å².